The monoisotopic (exact) mass is 384 g/mol. The highest BCUT2D eigenvalue weighted by Gasteiger charge is 2.17. The molecule has 0 aliphatic carbocycles. The van der Waals surface area contributed by atoms with Crippen molar-refractivity contribution in [1.82, 2.24) is 15.0 Å². The van der Waals surface area contributed by atoms with Gasteiger partial charge in [0.2, 0.25) is 5.95 Å². The van der Waals surface area contributed by atoms with Crippen LogP contribution in [0, 0.1) is 6.92 Å². The number of rotatable bonds is 4. The number of hydrogen-bond donors (Lipinski definition) is 2. The summed E-state index contributed by atoms with van der Waals surface area (Å²) in [5, 5.41) is 3.56. The molecule has 0 aliphatic rings. The summed E-state index contributed by atoms with van der Waals surface area (Å²) >= 11 is 0. The second-order valence-corrected chi connectivity index (χ2v) is 6.56. The molecule has 0 saturated heterocycles. The number of furan rings is 2. The summed E-state index contributed by atoms with van der Waals surface area (Å²) in [6.45, 7) is 1.87. The van der Waals surface area contributed by atoms with Gasteiger partial charge in [-0.15, -0.1) is 0 Å². The van der Waals surface area contributed by atoms with E-state index in [9.17, 15) is 4.79 Å². The molecule has 142 valence electrons. The zero-order valence-electron chi connectivity index (χ0n) is 15.5. The number of amides is 1. The lowest BCUT2D eigenvalue weighted by molar-refractivity contribution is 0.102. The fraction of sp³-hybridized carbons (Fsp3) is 0.0455. The molecular weight excluding hydrogens is 368 g/mol. The molecule has 1 aromatic carbocycles. The first-order chi connectivity index (χ1) is 14.2. The Morgan fingerprint density at radius 1 is 1.07 bits per heavy atom. The van der Waals surface area contributed by atoms with E-state index >= 15 is 0 Å². The summed E-state index contributed by atoms with van der Waals surface area (Å²) in [4.78, 5) is 25.0. The van der Waals surface area contributed by atoms with Crippen LogP contribution in [0.15, 0.2) is 75.9 Å². The topological polar surface area (TPSA) is 97.0 Å². The second kappa shape index (κ2) is 6.79. The fourth-order valence-electron chi connectivity index (χ4n) is 3.18. The standard InChI is InChI=1S/C22H16N4O3/c1-13-8-9-20(29-13)17-11-15(14-5-2-3-6-16(14)24-17)21(27)26-22-23-12-18(25-22)19-7-4-10-28-19/h2-12H,1H3,(H2,23,25,26,27). The van der Waals surface area contributed by atoms with Gasteiger partial charge in [0.25, 0.3) is 5.91 Å². The van der Waals surface area contributed by atoms with E-state index in [0.29, 0.717) is 39.9 Å². The van der Waals surface area contributed by atoms with Gasteiger partial charge < -0.3 is 13.8 Å². The van der Waals surface area contributed by atoms with Crippen LogP contribution < -0.4 is 5.32 Å². The van der Waals surface area contributed by atoms with Crippen LogP contribution in [0.4, 0.5) is 5.95 Å². The van der Waals surface area contributed by atoms with Gasteiger partial charge in [-0.05, 0) is 43.3 Å². The van der Waals surface area contributed by atoms with E-state index < -0.39 is 0 Å². The number of H-pyrrole nitrogens is 1. The zero-order valence-corrected chi connectivity index (χ0v) is 15.5. The number of carbonyl (C=O) groups is 1. The van der Waals surface area contributed by atoms with Gasteiger partial charge in [0, 0.05) is 5.39 Å². The molecule has 0 saturated carbocycles. The van der Waals surface area contributed by atoms with Crippen LogP contribution in [0.2, 0.25) is 0 Å². The van der Waals surface area contributed by atoms with E-state index in [0.717, 1.165) is 11.1 Å². The second-order valence-electron chi connectivity index (χ2n) is 6.56. The molecule has 0 unspecified atom stereocenters. The summed E-state index contributed by atoms with van der Waals surface area (Å²) in [5.41, 5.74) is 2.46. The Kier molecular flexibility index (Phi) is 3.98. The highest BCUT2D eigenvalue weighted by atomic mass is 16.3. The van der Waals surface area contributed by atoms with Crippen LogP contribution in [-0.2, 0) is 0 Å². The number of nitrogens with zero attached hydrogens (tertiary/aromatic N) is 2. The van der Waals surface area contributed by atoms with Crippen molar-refractivity contribution in [2.75, 3.05) is 5.32 Å². The maximum Gasteiger partial charge on any atom is 0.258 e. The Hall–Kier alpha value is -4.13. The van der Waals surface area contributed by atoms with Crippen LogP contribution >= 0.6 is 0 Å². The predicted molar refractivity (Wildman–Crippen MR) is 108 cm³/mol. The smallest absolute Gasteiger partial charge is 0.258 e. The highest BCUT2D eigenvalue weighted by molar-refractivity contribution is 6.12. The van der Waals surface area contributed by atoms with Gasteiger partial charge in [0.05, 0.1) is 23.5 Å². The van der Waals surface area contributed by atoms with Crippen LogP contribution in [-0.4, -0.2) is 20.9 Å². The molecule has 5 rings (SSSR count). The molecule has 7 heteroatoms. The molecule has 0 radical (unpaired) electrons. The number of para-hydroxylation sites is 1. The first-order valence-electron chi connectivity index (χ1n) is 9.04. The van der Waals surface area contributed by atoms with Gasteiger partial charge in [-0.2, -0.15) is 0 Å². The quantitative estimate of drug-likeness (QED) is 0.452. The largest absolute Gasteiger partial charge is 0.463 e. The summed E-state index contributed by atoms with van der Waals surface area (Å²) in [5.74, 6) is 2.07. The van der Waals surface area contributed by atoms with Crippen molar-refractivity contribution in [2.24, 2.45) is 0 Å². The van der Waals surface area contributed by atoms with Crippen molar-refractivity contribution in [3.63, 3.8) is 0 Å². The van der Waals surface area contributed by atoms with Gasteiger partial charge in [-0.3, -0.25) is 10.1 Å². The minimum Gasteiger partial charge on any atom is -0.463 e. The number of carbonyl (C=O) groups excluding carboxylic acids is 1. The lowest BCUT2D eigenvalue weighted by Gasteiger charge is -2.08. The third-order valence-corrected chi connectivity index (χ3v) is 4.55. The molecule has 5 aromatic rings. The maximum absolute atomic E-state index is 13.1. The van der Waals surface area contributed by atoms with Crippen molar-refractivity contribution in [3.05, 3.63) is 78.4 Å². The summed E-state index contributed by atoms with van der Waals surface area (Å²) in [7, 11) is 0. The van der Waals surface area contributed by atoms with Crippen molar-refractivity contribution >= 4 is 22.8 Å². The molecule has 4 heterocycles. The van der Waals surface area contributed by atoms with E-state index in [1.807, 2.05) is 49.4 Å². The zero-order chi connectivity index (χ0) is 19.8. The lowest BCUT2D eigenvalue weighted by atomic mass is 10.1. The van der Waals surface area contributed by atoms with Gasteiger partial charge in [0.15, 0.2) is 11.5 Å². The highest BCUT2D eigenvalue weighted by Crippen LogP contribution is 2.27. The molecule has 4 aromatic heterocycles. The van der Waals surface area contributed by atoms with E-state index in [4.69, 9.17) is 8.83 Å². The lowest BCUT2D eigenvalue weighted by Crippen LogP contribution is -2.14. The van der Waals surface area contributed by atoms with Gasteiger partial charge in [-0.25, -0.2) is 9.97 Å². The molecule has 0 atom stereocenters. The van der Waals surface area contributed by atoms with Gasteiger partial charge in [-0.1, -0.05) is 18.2 Å². The minimum absolute atomic E-state index is 0.298. The maximum atomic E-state index is 13.1. The predicted octanol–water partition coefficient (Wildman–Crippen LogP) is 5.04. The Morgan fingerprint density at radius 3 is 2.76 bits per heavy atom. The molecule has 2 N–H and O–H groups in total. The molecule has 1 amide bonds. The summed E-state index contributed by atoms with van der Waals surface area (Å²) < 4.78 is 11.0. The Balaban J connectivity index is 1.52. The number of aryl methyl sites for hydroxylation is 1. The van der Waals surface area contributed by atoms with Crippen molar-refractivity contribution < 1.29 is 13.6 Å². The number of nitrogens with one attached hydrogen (secondary N) is 2. The SMILES string of the molecule is Cc1ccc(-c2cc(C(=O)Nc3ncc(-c4ccco4)[nH]3)c3ccccc3n2)o1. The number of pyridine rings is 1. The molecule has 0 bridgehead atoms. The van der Waals surface area contributed by atoms with Crippen LogP contribution in [0.5, 0.6) is 0 Å². The Labute approximate surface area is 165 Å². The number of imidazole rings is 1. The number of hydrogen-bond acceptors (Lipinski definition) is 5. The van der Waals surface area contributed by atoms with E-state index in [2.05, 4.69) is 20.3 Å². The van der Waals surface area contributed by atoms with Gasteiger partial charge in [0.1, 0.15) is 17.1 Å². The van der Waals surface area contributed by atoms with Crippen LogP contribution in [0.25, 0.3) is 33.8 Å². The number of aromatic amines is 1. The number of fused-ring (bicyclic) bond motifs is 1. The van der Waals surface area contributed by atoms with Crippen molar-refractivity contribution in [2.45, 2.75) is 6.92 Å². The molecule has 0 aliphatic heterocycles. The molecule has 0 spiro atoms. The summed E-state index contributed by atoms with van der Waals surface area (Å²) in [6.07, 6.45) is 3.19. The fourth-order valence-corrected chi connectivity index (χ4v) is 3.18. The molecule has 29 heavy (non-hydrogen) atoms. The van der Waals surface area contributed by atoms with Gasteiger partial charge >= 0.3 is 0 Å². The molecule has 0 fully saturated rings. The normalized spacial score (nSPS) is 11.1. The van der Waals surface area contributed by atoms with E-state index in [1.54, 1.807) is 24.6 Å². The van der Waals surface area contributed by atoms with E-state index in [1.165, 1.54) is 0 Å². The third-order valence-electron chi connectivity index (χ3n) is 4.55. The third kappa shape index (κ3) is 3.19. The number of benzene rings is 1. The molecule has 7 nitrogen and oxygen atoms in total. The number of anilines is 1. The van der Waals surface area contributed by atoms with Crippen molar-refractivity contribution in [3.8, 4) is 22.9 Å². The number of aromatic nitrogens is 3. The first kappa shape index (κ1) is 17.0. The first-order valence-corrected chi connectivity index (χ1v) is 9.04. The summed E-state index contributed by atoms with van der Waals surface area (Å²) in [6, 6.07) is 16.5. The minimum atomic E-state index is -0.298. The van der Waals surface area contributed by atoms with Crippen LogP contribution in [0.1, 0.15) is 16.1 Å². The average molecular weight is 384 g/mol. The van der Waals surface area contributed by atoms with Crippen LogP contribution in [0.3, 0.4) is 0 Å². The average Bonchev–Trinajstić information content (AvgIpc) is 3.48. The Morgan fingerprint density at radius 2 is 1.97 bits per heavy atom. The Bertz CT molecular complexity index is 1320. The van der Waals surface area contributed by atoms with E-state index in [-0.39, 0.29) is 5.91 Å². The molecular formula is C22H16N4O3. The van der Waals surface area contributed by atoms with Crippen molar-refractivity contribution in [1.29, 1.82) is 0 Å².